The van der Waals surface area contributed by atoms with Crippen LogP contribution in [0.2, 0.25) is 0 Å². The number of esters is 1. The first kappa shape index (κ1) is 20.8. The Morgan fingerprint density at radius 1 is 1.11 bits per heavy atom. The van der Waals surface area contributed by atoms with Crippen LogP contribution in [0.5, 0.6) is 5.75 Å². The average molecular weight is 409 g/mol. The molecule has 0 spiro atoms. The molecular weight excluding hydrogens is 390 g/mol. The molecule has 1 N–H and O–H groups in total. The highest BCUT2D eigenvalue weighted by atomic mass is 32.2. The maximum atomic E-state index is 12.2. The van der Waals surface area contributed by atoms with Crippen molar-refractivity contribution in [1.82, 2.24) is 0 Å². The van der Waals surface area contributed by atoms with E-state index in [1.54, 1.807) is 18.2 Å². The molecule has 144 valence electrons. The van der Waals surface area contributed by atoms with Gasteiger partial charge in [0.05, 0.1) is 13.4 Å². The minimum atomic E-state index is -3.39. The van der Waals surface area contributed by atoms with Crippen molar-refractivity contribution < 1.29 is 27.5 Å². The lowest BCUT2D eigenvalue weighted by atomic mass is 10.1. The summed E-state index contributed by atoms with van der Waals surface area (Å²) in [6.07, 6.45) is 2.94. The summed E-state index contributed by atoms with van der Waals surface area (Å²) in [7, 11) is -1.94. The SMILES string of the molecule is COc1cc(SC)ccc1C(=O)OCC(=O)c1ccc(NS(C)(=O)=O)cc1. The van der Waals surface area contributed by atoms with Crippen molar-refractivity contribution in [2.75, 3.05) is 31.0 Å². The number of carbonyl (C=O) groups excluding carboxylic acids is 2. The first-order valence-corrected chi connectivity index (χ1v) is 10.9. The Labute approximate surface area is 162 Å². The van der Waals surface area contributed by atoms with Crippen molar-refractivity contribution in [3.05, 3.63) is 53.6 Å². The van der Waals surface area contributed by atoms with Gasteiger partial charge in [-0.1, -0.05) is 0 Å². The third kappa shape index (κ3) is 6.00. The van der Waals surface area contributed by atoms with E-state index in [1.807, 2.05) is 6.26 Å². The highest BCUT2D eigenvalue weighted by molar-refractivity contribution is 7.98. The van der Waals surface area contributed by atoms with Gasteiger partial charge in [-0.15, -0.1) is 11.8 Å². The van der Waals surface area contributed by atoms with Crippen molar-refractivity contribution in [2.24, 2.45) is 0 Å². The van der Waals surface area contributed by atoms with E-state index < -0.39 is 28.4 Å². The van der Waals surface area contributed by atoms with E-state index in [9.17, 15) is 18.0 Å². The molecule has 27 heavy (non-hydrogen) atoms. The summed E-state index contributed by atoms with van der Waals surface area (Å²) in [6.45, 7) is -0.439. The first-order valence-electron chi connectivity index (χ1n) is 7.73. The number of methoxy groups -OCH3 is 1. The Morgan fingerprint density at radius 2 is 1.78 bits per heavy atom. The van der Waals surface area contributed by atoms with Crippen LogP contribution in [0.3, 0.4) is 0 Å². The summed E-state index contributed by atoms with van der Waals surface area (Å²) < 4.78 is 34.9. The summed E-state index contributed by atoms with van der Waals surface area (Å²) in [6, 6.07) is 10.9. The number of thioether (sulfide) groups is 1. The van der Waals surface area contributed by atoms with Gasteiger partial charge in [0.25, 0.3) is 0 Å². The van der Waals surface area contributed by atoms with Crippen LogP contribution in [0.1, 0.15) is 20.7 Å². The van der Waals surface area contributed by atoms with Gasteiger partial charge in [-0.25, -0.2) is 13.2 Å². The maximum absolute atomic E-state index is 12.2. The van der Waals surface area contributed by atoms with Gasteiger partial charge in [-0.05, 0) is 48.7 Å². The second kappa shape index (κ2) is 8.92. The molecule has 0 heterocycles. The summed E-state index contributed by atoms with van der Waals surface area (Å²) in [5.74, 6) is -0.701. The molecule has 2 aromatic carbocycles. The number of anilines is 1. The number of carbonyl (C=O) groups is 2. The largest absolute Gasteiger partial charge is 0.496 e. The van der Waals surface area contributed by atoms with Gasteiger partial charge in [0, 0.05) is 16.1 Å². The summed E-state index contributed by atoms with van der Waals surface area (Å²) >= 11 is 1.51. The fourth-order valence-electron chi connectivity index (χ4n) is 2.20. The lowest BCUT2D eigenvalue weighted by Crippen LogP contribution is -2.15. The zero-order chi connectivity index (χ0) is 20.0. The second-order valence-electron chi connectivity index (χ2n) is 5.52. The summed E-state index contributed by atoms with van der Waals surface area (Å²) in [5, 5.41) is 0. The van der Waals surface area contributed by atoms with Crippen molar-refractivity contribution in [2.45, 2.75) is 4.90 Å². The zero-order valence-electron chi connectivity index (χ0n) is 15.0. The minimum absolute atomic E-state index is 0.232. The van der Waals surface area contributed by atoms with Gasteiger partial charge >= 0.3 is 5.97 Å². The molecule has 2 rings (SSSR count). The van der Waals surface area contributed by atoms with Crippen LogP contribution in [-0.2, 0) is 14.8 Å². The van der Waals surface area contributed by atoms with E-state index in [2.05, 4.69) is 4.72 Å². The Hall–Kier alpha value is -2.52. The lowest BCUT2D eigenvalue weighted by molar-refractivity contribution is 0.0471. The van der Waals surface area contributed by atoms with Crippen molar-refractivity contribution in [3.8, 4) is 5.75 Å². The number of Topliss-reactive ketones (excluding diaryl/α,β-unsaturated/α-hetero) is 1. The standard InChI is InChI=1S/C18H19NO6S2/c1-24-17-10-14(26-2)8-9-15(17)18(21)25-11-16(20)12-4-6-13(7-5-12)19-27(3,22)23/h4-10,19H,11H2,1-3H3. The van der Waals surface area contributed by atoms with E-state index in [-0.39, 0.29) is 5.56 Å². The highest BCUT2D eigenvalue weighted by Gasteiger charge is 2.16. The molecule has 0 atom stereocenters. The van der Waals surface area contributed by atoms with E-state index in [1.165, 1.54) is 43.1 Å². The number of sulfonamides is 1. The molecule has 0 amide bonds. The Morgan fingerprint density at radius 3 is 2.33 bits per heavy atom. The maximum Gasteiger partial charge on any atom is 0.342 e. The molecule has 0 aromatic heterocycles. The quantitative estimate of drug-likeness (QED) is 0.407. The summed E-state index contributed by atoms with van der Waals surface area (Å²) in [5.41, 5.74) is 0.868. The molecular formula is C18H19NO6S2. The lowest BCUT2D eigenvalue weighted by Gasteiger charge is -2.10. The van der Waals surface area contributed by atoms with Crippen molar-refractivity contribution in [1.29, 1.82) is 0 Å². The molecule has 0 aliphatic carbocycles. The molecule has 0 saturated carbocycles. The van der Waals surface area contributed by atoms with Crippen LogP contribution >= 0.6 is 11.8 Å². The van der Waals surface area contributed by atoms with Crippen LogP contribution in [-0.4, -0.2) is 46.4 Å². The molecule has 0 bridgehead atoms. The number of rotatable bonds is 8. The minimum Gasteiger partial charge on any atom is -0.496 e. The predicted molar refractivity (Wildman–Crippen MR) is 104 cm³/mol. The molecule has 9 heteroatoms. The van der Waals surface area contributed by atoms with Gasteiger partial charge in [0.2, 0.25) is 10.0 Å². The van der Waals surface area contributed by atoms with E-state index in [4.69, 9.17) is 9.47 Å². The van der Waals surface area contributed by atoms with Crippen LogP contribution < -0.4 is 9.46 Å². The van der Waals surface area contributed by atoms with Gasteiger partial charge in [-0.2, -0.15) is 0 Å². The molecule has 0 fully saturated rings. The second-order valence-corrected chi connectivity index (χ2v) is 8.15. The normalized spacial score (nSPS) is 10.9. The fourth-order valence-corrected chi connectivity index (χ4v) is 3.19. The molecule has 7 nitrogen and oxygen atoms in total. The van der Waals surface area contributed by atoms with Crippen LogP contribution in [0.15, 0.2) is 47.4 Å². The van der Waals surface area contributed by atoms with E-state index in [0.717, 1.165) is 11.2 Å². The molecule has 2 aromatic rings. The molecule has 0 unspecified atom stereocenters. The highest BCUT2D eigenvalue weighted by Crippen LogP contribution is 2.26. The average Bonchev–Trinajstić information content (AvgIpc) is 2.64. The van der Waals surface area contributed by atoms with Gasteiger partial charge in [0.15, 0.2) is 12.4 Å². The van der Waals surface area contributed by atoms with Gasteiger partial charge in [-0.3, -0.25) is 9.52 Å². The Kier molecular flexibility index (Phi) is 6.86. The van der Waals surface area contributed by atoms with E-state index >= 15 is 0 Å². The van der Waals surface area contributed by atoms with Crippen LogP contribution in [0.25, 0.3) is 0 Å². The van der Waals surface area contributed by atoms with Crippen LogP contribution in [0, 0.1) is 0 Å². The third-order valence-electron chi connectivity index (χ3n) is 3.47. The Balaban J connectivity index is 2.02. The summed E-state index contributed by atoms with van der Waals surface area (Å²) in [4.78, 5) is 25.3. The molecule has 0 radical (unpaired) electrons. The zero-order valence-corrected chi connectivity index (χ0v) is 16.6. The molecule has 0 aliphatic rings. The van der Waals surface area contributed by atoms with Gasteiger partial charge in [0.1, 0.15) is 11.3 Å². The number of ether oxygens (including phenoxy) is 2. The van der Waals surface area contributed by atoms with Crippen molar-refractivity contribution >= 4 is 39.2 Å². The predicted octanol–water partition coefficient (Wildman–Crippen LogP) is 2.83. The number of ketones is 1. The monoisotopic (exact) mass is 409 g/mol. The van der Waals surface area contributed by atoms with Gasteiger partial charge < -0.3 is 9.47 Å². The molecule has 0 aliphatic heterocycles. The number of benzene rings is 2. The fraction of sp³-hybridized carbons (Fsp3) is 0.222. The van der Waals surface area contributed by atoms with Crippen LogP contribution in [0.4, 0.5) is 5.69 Å². The first-order chi connectivity index (χ1) is 12.7. The third-order valence-corrected chi connectivity index (χ3v) is 4.80. The smallest absolute Gasteiger partial charge is 0.342 e. The topological polar surface area (TPSA) is 98.8 Å². The Bertz CT molecular complexity index is 939. The van der Waals surface area contributed by atoms with Crippen molar-refractivity contribution in [3.63, 3.8) is 0 Å². The number of nitrogens with one attached hydrogen (secondary N) is 1. The van der Waals surface area contributed by atoms with E-state index in [0.29, 0.717) is 17.0 Å². The molecule has 0 saturated heterocycles. The number of hydrogen-bond donors (Lipinski definition) is 1. The number of hydrogen-bond acceptors (Lipinski definition) is 7.